The van der Waals surface area contributed by atoms with E-state index in [0.29, 0.717) is 6.61 Å². The van der Waals surface area contributed by atoms with Crippen LogP contribution in [0.25, 0.3) is 0 Å². The molecule has 0 amide bonds. The third-order valence-electron chi connectivity index (χ3n) is 3.35. The molecule has 0 bridgehead atoms. The zero-order chi connectivity index (χ0) is 12.8. The largest absolute Gasteiger partial charge is 0.489 e. The Balaban J connectivity index is 1.74. The lowest BCUT2D eigenvalue weighted by molar-refractivity contribution is -0.908. The van der Waals surface area contributed by atoms with Gasteiger partial charge in [0.15, 0.2) is 0 Å². The van der Waals surface area contributed by atoms with Gasteiger partial charge in [-0.2, -0.15) is 0 Å². The topological polar surface area (TPSA) is 33.9 Å². The average molecular weight is 315 g/mol. The van der Waals surface area contributed by atoms with Crippen molar-refractivity contribution in [2.24, 2.45) is 0 Å². The van der Waals surface area contributed by atoms with Gasteiger partial charge in [0.2, 0.25) is 0 Å². The molecule has 1 saturated heterocycles. The van der Waals surface area contributed by atoms with Crippen molar-refractivity contribution in [3.05, 3.63) is 28.7 Å². The highest BCUT2D eigenvalue weighted by Crippen LogP contribution is 2.23. The first-order chi connectivity index (χ1) is 8.75. The maximum atomic E-state index is 9.99. The molecular formula is C14H21BrNO2+. The van der Waals surface area contributed by atoms with Crippen LogP contribution in [0.4, 0.5) is 0 Å². The highest BCUT2D eigenvalue weighted by molar-refractivity contribution is 9.10. The summed E-state index contributed by atoms with van der Waals surface area (Å²) in [5, 5.41) is 9.99. The fraction of sp³-hybridized carbons (Fsp3) is 0.571. The number of aliphatic hydroxyl groups excluding tert-OH is 1. The zero-order valence-electron chi connectivity index (χ0n) is 10.6. The van der Waals surface area contributed by atoms with E-state index in [1.165, 1.54) is 37.3 Å². The number of rotatable bonds is 5. The molecule has 1 heterocycles. The number of quaternary nitrogens is 1. The second-order valence-corrected chi connectivity index (χ2v) is 5.76. The molecule has 0 saturated carbocycles. The van der Waals surface area contributed by atoms with Crippen molar-refractivity contribution in [2.75, 3.05) is 26.2 Å². The number of piperidine rings is 1. The van der Waals surface area contributed by atoms with E-state index in [9.17, 15) is 5.11 Å². The molecule has 18 heavy (non-hydrogen) atoms. The second-order valence-electron chi connectivity index (χ2n) is 4.91. The highest BCUT2D eigenvalue weighted by atomic mass is 79.9. The predicted molar refractivity (Wildman–Crippen MR) is 75.1 cm³/mol. The van der Waals surface area contributed by atoms with Crippen LogP contribution in [-0.2, 0) is 0 Å². The maximum absolute atomic E-state index is 9.99. The number of halogens is 1. The van der Waals surface area contributed by atoms with Crippen molar-refractivity contribution in [2.45, 2.75) is 25.4 Å². The van der Waals surface area contributed by atoms with Gasteiger partial charge in [0.25, 0.3) is 0 Å². The summed E-state index contributed by atoms with van der Waals surface area (Å²) in [6.45, 7) is 3.54. The van der Waals surface area contributed by atoms with Crippen LogP contribution in [0.3, 0.4) is 0 Å². The Morgan fingerprint density at radius 1 is 1.22 bits per heavy atom. The van der Waals surface area contributed by atoms with Crippen molar-refractivity contribution < 1.29 is 14.7 Å². The Morgan fingerprint density at radius 3 is 2.67 bits per heavy atom. The molecule has 1 fully saturated rings. The van der Waals surface area contributed by atoms with Gasteiger partial charge in [0.05, 0.1) is 17.6 Å². The number of hydrogen-bond acceptors (Lipinski definition) is 2. The van der Waals surface area contributed by atoms with Gasteiger partial charge >= 0.3 is 0 Å². The molecule has 1 aromatic carbocycles. The summed E-state index contributed by atoms with van der Waals surface area (Å²) in [5.41, 5.74) is 0. The molecule has 2 rings (SSSR count). The Kier molecular flexibility index (Phi) is 5.47. The van der Waals surface area contributed by atoms with Gasteiger partial charge in [-0.15, -0.1) is 0 Å². The fourth-order valence-electron chi connectivity index (χ4n) is 2.40. The number of aliphatic hydroxyl groups is 1. The summed E-state index contributed by atoms with van der Waals surface area (Å²) in [7, 11) is 0. The summed E-state index contributed by atoms with van der Waals surface area (Å²) in [6, 6.07) is 7.73. The van der Waals surface area contributed by atoms with Crippen LogP contribution in [0.2, 0.25) is 0 Å². The number of likely N-dealkylation sites (tertiary alicyclic amines) is 1. The molecule has 1 atom stereocenters. The molecule has 0 radical (unpaired) electrons. The number of para-hydroxylation sites is 1. The molecule has 0 unspecified atom stereocenters. The summed E-state index contributed by atoms with van der Waals surface area (Å²) in [4.78, 5) is 1.50. The third kappa shape index (κ3) is 4.26. The van der Waals surface area contributed by atoms with Crippen LogP contribution < -0.4 is 9.64 Å². The van der Waals surface area contributed by atoms with Crippen molar-refractivity contribution in [3.63, 3.8) is 0 Å². The van der Waals surface area contributed by atoms with E-state index in [2.05, 4.69) is 15.9 Å². The number of hydrogen-bond donors (Lipinski definition) is 2. The van der Waals surface area contributed by atoms with Gasteiger partial charge in [0, 0.05) is 0 Å². The molecule has 100 valence electrons. The lowest BCUT2D eigenvalue weighted by atomic mass is 10.1. The van der Waals surface area contributed by atoms with Gasteiger partial charge in [-0.3, -0.25) is 0 Å². The smallest absolute Gasteiger partial charge is 0.137 e. The first kappa shape index (κ1) is 13.8. The molecule has 0 aliphatic carbocycles. The molecule has 4 heteroatoms. The Labute approximate surface area is 117 Å². The molecule has 3 nitrogen and oxygen atoms in total. The van der Waals surface area contributed by atoms with Crippen LogP contribution >= 0.6 is 15.9 Å². The Morgan fingerprint density at radius 2 is 1.94 bits per heavy atom. The minimum Gasteiger partial charge on any atom is -0.489 e. The number of ether oxygens (including phenoxy) is 1. The Bertz CT molecular complexity index is 367. The molecule has 1 aliphatic heterocycles. The van der Waals surface area contributed by atoms with Crippen LogP contribution in [0.15, 0.2) is 28.7 Å². The number of nitrogens with one attached hydrogen (secondary N) is 1. The molecule has 1 aliphatic rings. The van der Waals surface area contributed by atoms with Gasteiger partial charge in [-0.05, 0) is 47.3 Å². The lowest BCUT2D eigenvalue weighted by Crippen LogP contribution is -3.14. The minimum absolute atomic E-state index is 0.367. The molecule has 0 aromatic heterocycles. The van der Waals surface area contributed by atoms with Crippen LogP contribution in [0, 0.1) is 0 Å². The first-order valence-electron chi connectivity index (χ1n) is 6.64. The monoisotopic (exact) mass is 314 g/mol. The first-order valence-corrected chi connectivity index (χ1v) is 7.44. The van der Waals surface area contributed by atoms with E-state index >= 15 is 0 Å². The zero-order valence-corrected chi connectivity index (χ0v) is 12.2. The van der Waals surface area contributed by atoms with Crippen molar-refractivity contribution in [1.29, 1.82) is 0 Å². The van der Waals surface area contributed by atoms with E-state index in [-0.39, 0.29) is 6.10 Å². The Hall–Kier alpha value is -0.580. The van der Waals surface area contributed by atoms with Gasteiger partial charge in [0.1, 0.15) is 25.0 Å². The quantitative estimate of drug-likeness (QED) is 0.858. The highest BCUT2D eigenvalue weighted by Gasteiger charge is 2.18. The van der Waals surface area contributed by atoms with Crippen molar-refractivity contribution >= 4 is 15.9 Å². The molecule has 0 spiro atoms. The van der Waals surface area contributed by atoms with Gasteiger partial charge in [-0.1, -0.05) is 12.1 Å². The van der Waals surface area contributed by atoms with Gasteiger partial charge in [-0.25, -0.2) is 0 Å². The summed E-state index contributed by atoms with van der Waals surface area (Å²) >= 11 is 3.43. The van der Waals surface area contributed by atoms with E-state index in [4.69, 9.17) is 4.74 Å². The average Bonchev–Trinajstić information content (AvgIpc) is 2.39. The van der Waals surface area contributed by atoms with Crippen molar-refractivity contribution in [1.82, 2.24) is 0 Å². The maximum Gasteiger partial charge on any atom is 0.137 e. The van der Waals surface area contributed by atoms with E-state index in [0.717, 1.165) is 16.8 Å². The lowest BCUT2D eigenvalue weighted by Gasteiger charge is -2.25. The predicted octanol–water partition coefficient (Wildman–Crippen LogP) is 1.26. The van der Waals surface area contributed by atoms with E-state index in [1.807, 2.05) is 24.3 Å². The second kappa shape index (κ2) is 7.12. The molecule has 1 aromatic rings. The van der Waals surface area contributed by atoms with Crippen LogP contribution in [0.5, 0.6) is 5.75 Å². The summed E-state index contributed by atoms with van der Waals surface area (Å²) < 4.78 is 6.56. The molecule has 2 N–H and O–H groups in total. The summed E-state index contributed by atoms with van der Waals surface area (Å²) in [6.07, 6.45) is 3.53. The SMILES string of the molecule is O[C@@H](COc1ccccc1Br)C[NH+]1CCCCC1. The van der Waals surface area contributed by atoms with Crippen LogP contribution in [0.1, 0.15) is 19.3 Å². The molecular weight excluding hydrogens is 294 g/mol. The summed E-state index contributed by atoms with van der Waals surface area (Å²) in [5.74, 6) is 0.796. The van der Waals surface area contributed by atoms with Crippen molar-refractivity contribution in [3.8, 4) is 5.75 Å². The minimum atomic E-state index is -0.384. The van der Waals surface area contributed by atoms with Gasteiger partial charge < -0.3 is 14.7 Å². The third-order valence-corrected chi connectivity index (χ3v) is 4.01. The normalized spacial score (nSPS) is 18.6. The van der Waals surface area contributed by atoms with Crippen LogP contribution in [-0.4, -0.2) is 37.5 Å². The van der Waals surface area contributed by atoms with E-state index < -0.39 is 0 Å². The standard InChI is InChI=1S/C14H20BrNO2/c15-13-6-2-3-7-14(13)18-11-12(17)10-16-8-4-1-5-9-16/h2-3,6-7,12,17H,1,4-5,8-11H2/p+1/t12-/m1/s1. The number of benzene rings is 1. The van der Waals surface area contributed by atoms with E-state index in [1.54, 1.807) is 0 Å². The fourth-order valence-corrected chi connectivity index (χ4v) is 2.80.